The van der Waals surface area contributed by atoms with Gasteiger partial charge in [0.2, 0.25) is 0 Å². The third kappa shape index (κ3) is 5.86. The Bertz CT molecular complexity index is 275. The van der Waals surface area contributed by atoms with Crippen molar-refractivity contribution in [3.8, 4) is 0 Å². The molecule has 0 aliphatic carbocycles. The van der Waals surface area contributed by atoms with E-state index in [1.165, 1.54) is 0 Å². The van der Waals surface area contributed by atoms with Crippen molar-refractivity contribution in [2.45, 2.75) is 38.3 Å². The normalized spacial score (nSPS) is 14.8. The van der Waals surface area contributed by atoms with Gasteiger partial charge in [0.05, 0.1) is 12.9 Å². The van der Waals surface area contributed by atoms with Crippen LogP contribution in [0.2, 0.25) is 0 Å². The molecule has 0 bridgehead atoms. The minimum atomic E-state index is 0.369. The molecule has 1 aromatic rings. The zero-order chi connectivity index (χ0) is 12.5. The summed E-state index contributed by atoms with van der Waals surface area (Å²) in [5.74, 6) is 1.01. The van der Waals surface area contributed by atoms with Crippen LogP contribution in [0.3, 0.4) is 0 Å². The van der Waals surface area contributed by atoms with Crippen molar-refractivity contribution in [3.63, 3.8) is 0 Å². The molecule has 0 saturated carbocycles. The van der Waals surface area contributed by atoms with Crippen LogP contribution >= 0.6 is 0 Å². The lowest BCUT2D eigenvalue weighted by Gasteiger charge is -2.22. The zero-order valence-corrected chi connectivity index (χ0v) is 10.8. The van der Waals surface area contributed by atoms with Gasteiger partial charge in [0.1, 0.15) is 5.76 Å². The van der Waals surface area contributed by atoms with Gasteiger partial charge >= 0.3 is 0 Å². The highest BCUT2D eigenvalue weighted by Gasteiger charge is 2.12. The number of nitrogens with two attached hydrogens (primary N) is 1. The molecule has 2 atom stereocenters. The Morgan fingerprint density at radius 1 is 1.53 bits per heavy atom. The van der Waals surface area contributed by atoms with Crippen LogP contribution in [0, 0.1) is 0 Å². The van der Waals surface area contributed by atoms with Crippen molar-refractivity contribution in [2.24, 2.45) is 5.73 Å². The summed E-state index contributed by atoms with van der Waals surface area (Å²) in [4.78, 5) is 0. The average Bonchev–Trinajstić information content (AvgIpc) is 2.78. The highest BCUT2D eigenvalue weighted by atomic mass is 16.5. The van der Waals surface area contributed by atoms with E-state index in [2.05, 4.69) is 12.2 Å². The third-order valence-electron chi connectivity index (χ3n) is 2.73. The van der Waals surface area contributed by atoms with Crippen LogP contribution in [-0.4, -0.2) is 32.3 Å². The largest absolute Gasteiger partial charge is 0.469 e. The molecule has 3 N–H and O–H groups in total. The van der Waals surface area contributed by atoms with Crippen LogP contribution in [0.4, 0.5) is 0 Å². The molecule has 98 valence electrons. The summed E-state index contributed by atoms with van der Waals surface area (Å²) < 4.78 is 10.5. The number of hydrogen-bond acceptors (Lipinski definition) is 4. The maximum Gasteiger partial charge on any atom is 0.105 e. The molecule has 0 fully saturated rings. The molecule has 0 amide bonds. The Morgan fingerprint density at radius 3 is 2.94 bits per heavy atom. The Kier molecular flexibility index (Phi) is 6.93. The number of furan rings is 1. The molecular weight excluding hydrogens is 216 g/mol. The van der Waals surface area contributed by atoms with Crippen LogP contribution in [0.15, 0.2) is 22.8 Å². The Balaban J connectivity index is 2.31. The van der Waals surface area contributed by atoms with Gasteiger partial charge in [-0.25, -0.2) is 0 Å². The lowest BCUT2D eigenvalue weighted by molar-refractivity contribution is 0.156. The molecule has 0 radical (unpaired) electrons. The third-order valence-corrected chi connectivity index (χ3v) is 2.73. The van der Waals surface area contributed by atoms with Gasteiger partial charge in [0, 0.05) is 25.6 Å². The number of ether oxygens (including phenoxy) is 1. The lowest BCUT2D eigenvalue weighted by atomic mass is 10.1. The van der Waals surface area contributed by atoms with Gasteiger partial charge in [-0.15, -0.1) is 0 Å². The molecule has 17 heavy (non-hydrogen) atoms. The smallest absolute Gasteiger partial charge is 0.105 e. The van der Waals surface area contributed by atoms with E-state index >= 15 is 0 Å². The predicted molar refractivity (Wildman–Crippen MR) is 69.0 cm³/mol. The highest BCUT2D eigenvalue weighted by molar-refractivity contribution is 5.00. The maximum absolute atomic E-state index is 5.53. The van der Waals surface area contributed by atoms with E-state index in [9.17, 15) is 0 Å². The summed E-state index contributed by atoms with van der Waals surface area (Å²) in [5, 5.41) is 3.55. The molecule has 1 rings (SSSR count). The monoisotopic (exact) mass is 240 g/mol. The van der Waals surface area contributed by atoms with Crippen LogP contribution in [0.5, 0.6) is 0 Å². The quantitative estimate of drug-likeness (QED) is 0.687. The molecule has 4 nitrogen and oxygen atoms in total. The van der Waals surface area contributed by atoms with Gasteiger partial charge in [0.25, 0.3) is 0 Å². The van der Waals surface area contributed by atoms with E-state index < -0.39 is 0 Å². The first-order valence-corrected chi connectivity index (χ1v) is 6.23. The van der Waals surface area contributed by atoms with Crippen LogP contribution in [0.25, 0.3) is 0 Å². The van der Waals surface area contributed by atoms with Crippen molar-refractivity contribution in [2.75, 3.05) is 20.3 Å². The van der Waals surface area contributed by atoms with Crippen molar-refractivity contribution in [1.82, 2.24) is 5.32 Å². The molecule has 0 aliphatic heterocycles. The Hall–Kier alpha value is -0.840. The van der Waals surface area contributed by atoms with E-state index in [-0.39, 0.29) is 0 Å². The first-order valence-electron chi connectivity index (χ1n) is 6.23. The van der Waals surface area contributed by atoms with Gasteiger partial charge < -0.3 is 20.2 Å². The van der Waals surface area contributed by atoms with Gasteiger partial charge in [-0.2, -0.15) is 0 Å². The van der Waals surface area contributed by atoms with Crippen LogP contribution in [-0.2, 0) is 11.2 Å². The fraction of sp³-hybridized carbons (Fsp3) is 0.692. The predicted octanol–water partition coefficient (Wildman–Crippen LogP) is 1.55. The van der Waals surface area contributed by atoms with Crippen LogP contribution < -0.4 is 11.1 Å². The summed E-state index contributed by atoms with van der Waals surface area (Å²) in [6.07, 6.45) is 4.68. The molecule has 0 saturated heterocycles. The van der Waals surface area contributed by atoms with E-state index in [1.54, 1.807) is 13.4 Å². The van der Waals surface area contributed by atoms with E-state index in [1.807, 2.05) is 12.1 Å². The second-order valence-electron chi connectivity index (χ2n) is 4.43. The fourth-order valence-corrected chi connectivity index (χ4v) is 1.97. The van der Waals surface area contributed by atoms with Crippen molar-refractivity contribution in [3.05, 3.63) is 24.2 Å². The molecular formula is C13H24N2O2. The molecule has 1 heterocycles. The molecule has 4 heteroatoms. The zero-order valence-electron chi connectivity index (χ0n) is 10.8. The number of nitrogens with one attached hydrogen (secondary N) is 1. The summed E-state index contributed by atoms with van der Waals surface area (Å²) in [7, 11) is 1.73. The Morgan fingerprint density at radius 2 is 2.35 bits per heavy atom. The minimum Gasteiger partial charge on any atom is -0.469 e. The number of rotatable bonds is 9. The number of hydrogen-bond donors (Lipinski definition) is 2. The van der Waals surface area contributed by atoms with Gasteiger partial charge in [-0.05, 0) is 38.4 Å². The maximum atomic E-state index is 5.53. The van der Waals surface area contributed by atoms with E-state index in [0.29, 0.717) is 12.1 Å². The Labute approximate surface area is 104 Å². The summed E-state index contributed by atoms with van der Waals surface area (Å²) in [5.41, 5.74) is 5.53. The van der Waals surface area contributed by atoms with E-state index in [0.717, 1.165) is 38.2 Å². The second-order valence-corrected chi connectivity index (χ2v) is 4.43. The summed E-state index contributed by atoms with van der Waals surface area (Å²) >= 11 is 0. The van der Waals surface area contributed by atoms with Crippen molar-refractivity contribution in [1.29, 1.82) is 0 Å². The fourth-order valence-electron chi connectivity index (χ4n) is 1.97. The van der Waals surface area contributed by atoms with Crippen molar-refractivity contribution < 1.29 is 9.15 Å². The topological polar surface area (TPSA) is 60.4 Å². The first kappa shape index (κ1) is 14.2. The molecule has 0 aromatic carbocycles. The molecule has 2 unspecified atom stereocenters. The van der Waals surface area contributed by atoms with E-state index in [4.69, 9.17) is 14.9 Å². The van der Waals surface area contributed by atoms with Gasteiger partial charge in [-0.1, -0.05) is 0 Å². The van der Waals surface area contributed by atoms with Gasteiger partial charge in [-0.3, -0.25) is 0 Å². The second kappa shape index (κ2) is 8.28. The standard InChI is InChI=1S/C13H24N2O2/c1-11(9-13-6-4-8-17-13)15-12(10-16-2)5-3-7-14/h4,6,8,11-12,15H,3,5,7,9-10,14H2,1-2H3. The van der Waals surface area contributed by atoms with Crippen molar-refractivity contribution >= 4 is 0 Å². The SMILES string of the molecule is COCC(CCCN)NC(C)Cc1ccco1. The van der Waals surface area contributed by atoms with Crippen LogP contribution in [0.1, 0.15) is 25.5 Å². The van der Waals surface area contributed by atoms with Gasteiger partial charge in [0.15, 0.2) is 0 Å². The molecule has 0 spiro atoms. The molecule has 0 aliphatic rings. The lowest BCUT2D eigenvalue weighted by Crippen LogP contribution is -2.40. The number of methoxy groups -OCH3 is 1. The average molecular weight is 240 g/mol. The highest BCUT2D eigenvalue weighted by Crippen LogP contribution is 2.06. The first-order chi connectivity index (χ1) is 8.26. The molecule has 1 aromatic heterocycles. The summed E-state index contributed by atoms with van der Waals surface area (Å²) in [6, 6.07) is 4.67. The minimum absolute atomic E-state index is 0.369. The summed E-state index contributed by atoms with van der Waals surface area (Å²) in [6.45, 7) is 3.62.